The van der Waals surface area contributed by atoms with Crippen molar-refractivity contribution >= 4 is 28.3 Å². The number of fused-ring (bicyclic) bond motifs is 1. The summed E-state index contributed by atoms with van der Waals surface area (Å²) in [4.78, 5) is 16.9. The Morgan fingerprint density at radius 2 is 1.64 bits per heavy atom. The maximum absolute atomic E-state index is 12.4. The highest BCUT2D eigenvalue weighted by Crippen LogP contribution is 2.25. The Morgan fingerprint density at radius 1 is 0.960 bits per heavy atom. The third kappa shape index (κ3) is 3.97. The van der Waals surface area contributed by atoms with Gasteiger partial charge in [0.05, 0.1) is 11.2 Å². The third-order valence-electron chi connectivity index (χ3n) is 4.10. The molecule has 1 heterocycles. The van der Waals surface area contributed by atoms with E-state index in [-0.39, 0.29) is 11.4 Å². The van der Waals surface area contributed by atoms with Gasteiger partial charge < -0.3 is 10.6 Å². The number of nitrogens with one attached hydrogen (secondary N) is 2. The number of pyridine rings is 1. The van der Waals surface area contributed by atoms with Crippen molar-refractivity contribution in [2.45, 2.75) is 33.1 Å². The fourth-order valence-corrected chi connectivity index (χ4v) is 2.75. The molecular formula is C21H23N3O. The molecule has 0 saturated carbocycles. The second-order valence-corrected chi connectivity index (χ2v) is 7.23. The molecule has 0 fully saturated rings. The number of benzene rings is 2. The van der Waals surface area contributed by atoms with E-state index in [1.807, 2.05) is 61.5 Å². The lowest BCUT2D eigenvalue weighted by Gasteiger charge is -2.19. The number of para-hydroxylation sites is 1. The van der Waals surface area contributed by atoms with Crippen molar-refractivity contribution in [3.05, 3.63) is 65.9 Å². The molecule has 25 heavy (non-hydrogen) atoms. The number of nitrogens with zero attached hydrogens (tertiary/aromatic N) is 1. The van der Waals surface area contributed by atoms with E-state index in [9.17, 15) is 4.79 Å². The summed E-state index contributed by atoms with van der Waals surface area (Å²) in [5, 5.41) is 6.73. The maximum atomic E-state index is 12.4. The van der Waals surface area contributed by atoms with Crippen molar-refractivity contribution in [3.8, 4) is 0 Å². The Bertz CT molecular complexity index is 909. The van der Waals surface area contributed by atoms with E-state index in [1.54, 1.807) is 0 Å². The van der Waals surface area contributed by atoms with Crippen LogP contribution >= 0.6 is 0 Å². The fraction of sp³-hybridized carbons (Fsp3) is 0.238. The zero-order chi connectivity index (χ0) is 18.0. The molecule has 0 radical (unpaired) electrons. The molecule has 0 aliphatic rings. The van der Waals surface area contributed by atoms with Gasteiger partial charge in [0.1, 0.15) is 0 Å². The predicted octanol–water partition coefficient (Wildman–Crippen LogP) is 5.48. The lowest BCUT2D eigenvalue weighted by atomic mass is 9.87. The summed E-state index contributed by atoms with van der Waals surface area (Å²) in [5.74, 6) is 0. The van der Waals surface area contributed by atoms with Crippen molar-refractivity contribution in [2.24, 2.45) is 0 Å². The Morgan fingerprint density at radius 3 is 2.32 bits per heavy atom. The van der Waals surface area contributed by atoms with Gasteiger partial charge in [0.15, 0.2) is 0 Å². The van der Waals surface area contributed by atoms with Crippen molar-refractivity contribution < 1.29 is 4.79 Å². The Hall–Kier alpha value is -2.88. The minimum Gasteiger partial charge on any atom is -0.308 e. The standard InChI is InChI=1S/C21H23N3O/c1-14-13-19(17-7-5-6-8-18(17)22-14)24-20(25)23-16-11-9-15(10-12-16)21(2,3)4/h5-13H,1-4H3,(H2,22,23,24,25). The highest BCUT2D eigenvalue weighted by atomic mass is 16.2. The van der Waals surface area contributed by atoms with Gasteiger partial charge in [0.25, 0.3) is 0 Å². The normalized spacial score (nSPS) is 11.4. The van der Waals surface area contributed by atoms with E-state index in [2.05, 4.69) is 36.4 Å². The molecule has 1 aromatic heterocycles. The molecule has 2 aromatic carbocycles. The van der Waals surface area contributed by atoms with Crippen LogP contribution in [0.3, 0.4) is 0 Å². The van der Waals surface area contributed by atoms with E-state index in [0.29, 0.717) is 0 Å². The van der Waals surface area contributed by atoms with Gasteiger partial charge in [0.2, 0.25) is 0 Å². The number of anilines is 2. The molecule has 4 heteroatoms. The van der Waals surface area contributed by atoms with Gasteiger partial charge in [-0.25, -0.2) is 4.79 Å². The topological polar surface area (TPSA) is 54.0 Å². The van der Waals surface area contributed by atoms with Crippen LogP contribution in [0.5, 0.6) is 0 Å². The van der Waals surface area contributed by atoms with Crippen LogP contribution in [0.25, 0.3) is 10.9 Å². The van der Waals surface area contributed by atoms with Gasteiger partial charge >= 0.3 is 6.03 Å². The Balaban J connectivity index is 1.77. The number of carbonyl (C=O) groups is 1. The molecule has 0 unspecified atom stereocenters. The van der Waals surface area contributed by atoms with Crippen molar-refractivity contribution in [1.29, 1.82) is 0 Å². The number of amides is 2. The van der Waals surface area contributed by atoms with Crippen LogP contribution in [-0.4, -0.2) is 11.0 Å². The molecule has 0 bridgehead atoms. The number of rotatable bonds is 2. The van der Waals surface area contributed by atoms with E-state index in [4.69, 9.17) is 0 Å². The number of hydrogen-bond acceptors (Lipinski definition) is 2. The van der Waals surface area contributed by atoms with Crippen LogP contribution in [0.4, 0.5) is 16.2 Å². The number of aryl methyl sites for hydroxylation is 1. The van der Waals surface area contributed by atoms with Gasteiger partial charge in [-0.05, 0) is 42.2 Å². The van der Waals surface area contributed by atoms with Crippen molar-refractivity contribution in [2.75, 3.05) is 10.6 Å². The summed E-state index contributed by atoms with van der Waals surface area (Å²) in [6, 6.07) is 17.3. The average Bonchev–Trinajstić information content (AvgIpc) is 2.54. The van der Waals surface area contributed by atoms with E-state index >= 15 is 0 Å². The molecule has 3 aromatic rings. The van der Waals surface area contributed by atoms with Gasteiger partial charge in [0, 0.05) is 16.8 Å². The second-order valence-electron chi connectivity index (χ2n) is 7.23. The van der Waals surface area contributed by atoms with E-state index in [1.165, 1.54) is 5.56 Å². The summed E-state index contributed by atoms with van der Waals surface area (Å²) < 4.78 is 0. The smallest absolute Gasteiger partial charge is 0.308 e. The predicted molar refractivity (Wildman–Crippen MR) is 104 cm³/mol. The van der Waals surface area contributed by atoms with Crippen LogP contribution in [0, 0.1) is 6.92 Å². The van der Waals surface area contributed by atoms with Gasteiger partial charge in [-0.2, -0.15) is 0 Å². The molecule has 0 atom stereocenters. The molecule has 0 saturated heterocycles. The fourth-order valence-electron chi connectivity index (χ4n) is 2.75. The molecule has 128 valence electrons. The van der Waals surface area contributed by atoms with Gasteiger partial charge in [-0.15, -0.1) is 0 Å². The number of hydrogen-bond donors (Lipinski definition) is 2. The molecule has 0 spiro atoms. The van der Waals surface area contributed by atoms with Crippen LogP contribution in [-0.2, 0) is 5.41 Å². The van der Waals surface area contributed by atoms with Crippen LogP contribution < -0.4 is 10.6 Å². The van der Waals surface area contributed by atoms with Gasteiger partial charge in [-0.3, -0.25) is 4.98 Å². The van der Waals surface area contributed by atoms with E-state index < -0.39 is 0 Å². The maximum Gasteiger partial charge on any atom is 0.323 e. The first-order valence-electron chi connectivity index (χ1n) is 8.38. The van der Waals surface area contributed by atoms with Crippen LogP contribution in [0.1, 0.15) is 32.0 Å². The van der Waals surface area contributed by atoms with Crippen LogP contribution in [0.15, 0.2) is 54.6 Å². The average molecular weight is 333 g/mol. The SMILES string of the molecule is Cc1cc(NC(=O)Nc2ccc(C(C)(C)C)cc2)c2ccccc2n1. The minimum atomic E-state index is -0.265. The largest absolute Gasteiger partial charge is 0.323 e. The monoisotopic (exact) mass is 333 g/mol. The third-order valence-corrected chi connectivity index (χ3v) is 4.10. The number of aromatic nitrogens is 1. The minimum absolute atomic E-state index is 0.0915. The second kappa shape index (κ2) is 6.55. The first-order chi connectivity index (χ1) is 11.8. The summed E-state index contributed by atoms with van der Waals surface area (Å²) in [5.41, 5.74) is 4.58. The zero-order valence-corrected chi connectivity index (χ0v) is 15.1. The molecule has 2 amide bonds. The number of carbonyl (C=O) groups excluding carboxylic acids is 1. The quantitative estimate of drug-likeness (QED) is 0.652. The number of urea groups is 1. The highest BCUT2D eigenvalue weighted by molar-refractivity contribution is 6.05. The van der Waals surface area contributed by atoms with Crippen molar-refractivity contribution in [1.82, 2.24) is 4.98 Å². The highest BCUT2D eigenvalue weighted by Gasteiger charge is 2.13. The lowest BCUT2D eigenvalue weighted by Crippen LogP contribution is -2.20. The first kappa shape index (κ1) is 17.0. The summed E-state index contributed by atoms with van der Waals surface area (Å²) in [6.07, 6.45) is 0. The molecule has 3 rings (SSSR count). The molecule has 4 nitrogen and oxygen atoms in total. The molecular weight excluding hydrogens is 310 g/mol. The van der Waals surface area contributed by atoms with Crippen LogP contribution in [0.2, 0.25) is 0 Å². The molecule has 2 N–H and O–H groups in total. The van der Waals surface area contributed by atoms with Crippen molar-refractivity contribution in [3.63, 3.8) is 0 Å². The molecule has 0 aliphatic carbocycles. The first-order valence-corrected chi connectivity index (χ1v) is 8.38. The van der Waals surface area contributed by atoms with E-state index in [0.717, 1.165) is 28.0 Å². The molecule has 0 aliphatic heterocycles. The zero-order valence-electron chi connectivity index (χ0n) is 15.1. The lowest BCUT2D eigenvalue weighted by molar-refractivity contribution is 0.262. The summed E-state index contributed by atoms with van der Waals surface area (Å²) in [6.45, 7) is 8.41. The summed E-state index contributed by atoms with van der Waals surface area (Å²) >= 11 is 0. The van der Waals surface area contributed by atoms with Gasteiger partial charge in [-0.1, -0.05) is 51.1 Å². The Labute approximate surface area is 148 Å². The summed E-state index contributed by atoms with van der Waals surface area (Å²) in [7, 11) is 0. The Kier molecular flexibility index (Phi) is 4.45.